The van der Waals surface area contributed by atoms with Crippen LogP contribution in [0.25, 0.3) is 0 Å². The summed E-state index contributed by atoms with van der Waals surface area (Å²) in [6, 6.07) is 0. The summed E-state index contributed by atoms with van der Waals surface area (Å²) in [5.41, 5.74) is 0. The minimum Gasteiger partial charge on any atom is -0.376 e. The zero-order valence-corrected chi connectivity index (χ0v) is 11.4. The third kappa shape index (κ3) is 10.4. The lowest BCUT2D eigenvalue weighted by molar-refractivity contribution is -0.0545. The molecule has 0 aromatic heterocycles. The van der Waals surface area contributed by atoms with E-state index < -0.39 is 0 Å². The van der Waals surface area contributed by atoms with E-state index in [1.54, 1.807) is 0 Å². The van der Waals surface area contributed by atoms with Crippen LogP contribution >= 0.6 is 0 Å². The lowest BCUT2D eigenvalue weighted by Crippen LogP contribution is -2.24. The molecule has 0 fully saturated rings. The maximum atomic E-state index is 5.62. The van der Waals surface area contributed by atoms with Gasteiger partial charge in [0.05, 0.1) is 31.5 Å². The Bertz CT molecular complexity index is 148. The smallest absolute Gasteiger partial charge is 0.0910 e. The quantitative estimate of drug-likeness (QED) is 0.540. The first-order valence-corrected chi connectivity index (χ1v) is 6.22. The molecule has 0 heterocycles. The van der Waals surface area contributed by atoms with Crippen LogP contribution in [0.15, 0.2) is 0 Å². The first-order chi connectivity index (χ1) is 7.56. The zero-order chi connectivity index (χ0) is 12.4. The van der Waals surface area contributed by atoms with Crippen LogP contribution in [0.3, 0.4) is 0 Å². The van der Waals surface area contributed by atoms with Gasteiger partial charge >= 0.3 is 0 Å². The molecule has 2 unspecified atom stereocenters. The van der Waals surface area contributed by atoms with Gasteiger partial charge in [0.1, 0.15) is 0 Å². The molecule has 0 aliphatic rings. The molecule has 0 aromatic carbocycles. The van der Waals surface area contributed by atoms with Gasteiger partial charge in [-0.2, -0.15) is 0 Å². The molecule has 0 saturated carbocycles. The van der Waals surface area contributed by atoms with E-state index in [-0.39, 0.29) is 12.2 Å². The second-order valence-corrected chi connectivity index (χ2v) is 4.40. The van der Waals surface area contributed by atoms with Crippen LogP contribution in [0.2, 0.25) is 0 Å². The van der Waals surface area contributed by atoms with Crippen LogP contribution in [0.5, 0.6) is 0 Å². The van der Waals surface area contributed by atoms with Crippen molar-refractivity contribution in [3.05, 3.63) is 6.10 Å². The normalized spacial score (nSPS) is 15.4. The van der Waals surface area contributed by atoms with Crippen molar-refractivity contribution in [2.24, 2.45) is 0 Å². The van der Waals surface area contributed by atoms with Crippen LogP contribution in [-0.2, 0) is 14.2 Å². The Morgan fingerprint density at radius 3 is 2.19 bits per heavy atom. The summed E-state index contributed by atoms with van der Waals surface area (Å²) in [6.07, 6.45) is 3.55. The SMILES string of the molecule is CCCCOC(C)COC(C)CO[C](C)C. The van der Waals surface area contributed by atoms with Gasteiger partial charge in [0.2, 0.25) is 0 Å². The molecular weight excluding hydrogens is 204 g/mol. The van der Waals surface area contributed by atoms with Crippen LogP contribution in [-0.4, -0.2) is 32.0 Å². The largest absolute Gasteiger partial charge is 0.376 e. The second-order valence-electron chi connectivity index (χ2n) is 4.40. The fraction of sp³-hybridized carbons (Fsp3) is 0.923. The summed E-state index contributed by atoms with van der Waals surface area (Å²) in [5.74, 6) is 0. The Kier molecular flexibility index (Phi) is 9.99. The summed E-state index contributed by atoms with van der Waals surface area (Å²) >= 11 is 0. The van der Waals surface area contributed by atoms with Crippen molar-refractivity contribution in [1.82, 2.24) is 0 Å². The van der Waals surface area contributed by atoms with Gasteiger partial charge in [-0.25, -0.2) is 0 Å². The van der Waals surface area contributed by atoms with Crippen LogP contribution in [0.1, 0.15) is 47.5 Å². The fourth-order valence-electron chi connectivity index (χ4n) is 1.11. The van der Waals surface area contributed by atoms with E-state index in [9.17, 15) is 0 Å². The molecule has 0 bridgehead atoms. The van der Waals surface area contributed by atoms with Crippen LogP contribution in [0.4, 0.5) is 0 Å². The zero-order valence-electron chi connectivity index (χ0n) is 11.4. The van der Waals surface area contributed by atoms with E-state index in [0.717, 1.165) is 19.1 Å². The predicted molar refractivity (Wildman–Crippen MR) is 66.3 cm³/mol. The molecule has 3 nitrogen and oxygen atoms in total. The molecule has 0 aliphatic carbocycles. The van der Waals surface area contributed by atoms with E-state index in [1.807, 2.05) is 27.7 Å². The highest BCUT2D eigenvalue weighted by Crippen LogP contribution is 2.03. The fourth-order valence-corrected chi connectivity index (χ4v) is 1.11. The molecule has 0 rings (SSSR count). The molecule has 2 atom stereocenters. The Labute approximate surface area is 100 Å². The maximum absolute atomic E-state index is 5.62. The summed E-state index contributed by atoms with van der Waals surface area (Å²) in [6.45, 7) is 12.2. The molecule has 0 N–H and O–H groups in total. The monoisotopic (exact) mass is 231 g/mol. The first-order valence-electron chi connectivity index (χ1n) is 6.22. The average Bonchev–Trinajstić information content (AvgIpc) is 2.24. The van der Waals surface area contributed by atoms with Crippen molar-refractivity contribution in [2.75, 3.05) is 19.8 Å². The highest BCUT2D eigenvalue weighted by Gasteiger charge is 2.08. The lowest BCUT2D eigenvalue weighted by Gasteiger charge is -2.18. The molecule has 0 spiro atoms. The molecule has 0 aliphatic heterocycles. The van der Waals surface area contributed by atoms with Crippen molar-refractivity contribution < 1.29 is 14.2 Å². The molecule has 0 saturated heterocycles. The minimum absolute atomic E-state index is 0.118. The Morgan fingerprint density at radius 1 is 1.00 bits per heavy atom. The van der Waals surface area contributed by atoms with E-state index in [1.165, 1.54) is 6.42 Å². The number of unbranched alkanes of at least 4 members (excludes halogenated alkanes) is 1. The van der Waals surface area contributed by atoms with Gasteiger partial charge < -0.3 is 14.2 Å². The second kappa shape index (κ2) is 10.1. The number of hydrogen-bond donors (Lipinski definition) is 0. The topological polar surface area (TPSA) is 27.7 Å². The minimum atomic E-state index is 0.118. The van der Waals surface area contributed by atoms with Gasteiger partial charge in [-0.3, -0.25) is 0 Å². The molecular formula is C13H27O3. The maximum Gasteiger partial charge on any atom is 0.0910 e. The van der Waals surface area contributed by atoms with Gasteiger partial charge in [-0.1, -0.05) is 13.3 Å². The summed E-state index contributed by atoms with van der Waals surface area (Å²) in [7, 11) is 0. The summed E-state index contributed by atoms with van der Waals surface area (Å²) in [4.78, 5) is 0. The molecule has 0 aromatic rings. The Morgan fingerprint density at radius 2 is 1.62 bits per heavy atom. The third-order valence-corrected chi connectivity index (χ3v) is 2.12. The van der Waals surface area contributed by atoms with Crippen LogP contribution < -0.4 is 0 Å². The Balaban J connectivity index is 3.39. The van der Waals surface area contributed by atoms with Crippen molar-refractivity contribution in [1.29, 1.82) is 0 Å². The standard InChI is InChI=1S/C13H27O3/c1-6-7-8-14-12(4)10-16-13(5)9-15-11(2)3/h12-13H,6-10H2,1-5H3. The summed E-state index contributed by atoms with van der Waals surface area (Å²) in [5, 5.41) is 0. The van der Waals surface area contributed by atoms with Gasteiger partial charge in [0, 0.05) is 6.61 Å². The molecule has 1 radical (unpaired) electrons. The third-order valence-electron chi connectivity index (χ3n) is 2.12. The highest BCUT2D eigenvalue weighted by molar-refractivity contribution is 4.62. The van der Waals surface area contributed by atoms with Crippen molar-refractivity contribution in [3.63, 3.8) is 0 Å². The highest BCUT2D eigenvalue weighted by atomic mass is 16.6. The number of rotatable bonds is 10. The summed E-state index contributed by atoms with van der Waals surface area (Å²) < 4.78 is 16.6. The van der Waals surface area contributed by atoms with Gasteiger partial charge in [-0.15, -0.1) is 0 Å². The number of hydrogen-bond acceptors (Lipinski definition) is 3. The van der Waals surface area contributed by atoms with E-state index in [0.29, 0.717) is 13.2 Å². The van der Waals surface area contributed by atoms with E-state index >= 15 is 0 Å². The van der Waals surface area contributed by atoms with Crippen LogP contribution in [0, 0.1) is 6.10 Å². The van der Waals surface area contributed by atoms with Crippen molar-refractivity contribution in [3.8, 4) is 0 Å². The lowest BCUT2D eigenvalue weighted by atomic mass is 10.3. The molecule has 3 heteroatoms. The first kappa shape index (κ1) is 15.9. The van der Waals surface area contributed by atoms with E-state index in [2.05, 4.69) is 6.92 Å². The van der Waals surface area contributed by atoms with Crippen molar-refractivity contribution >= 4 is 0 Å². The molecule has 16 heavy (non-hydrogen) atoms. The van der Waals surface area contributed by atoms with Gasteiger partial charge in [0.15, 0.2) is 0 Å². The van der Waals surface area contributed by atoms with Gasteiger partial charge in [0.25, 0.3) is 0 Å². The molecule has 0 amide bonds. The number of ether oxygens (including phenoxy) is 3. The average molecular weight is 231 g/mol. The predicted octanol–water partition coefficient (Wildman–Crippen LogP) is 3.19. The van der Waals surface area contributed by atoms with Gasteiger partial charge in [-0.05, 0) is 34.1 Å². The van der Waals surface area contributed by atoms with Crippen molar-refractivity contribution in [2.45, 2.75) is 59.7 Å². The Hall–Kier alpha value is -0.120. The van der Waals surface area contributed by atoms with E-state index in [4.69, 9.17) is 14.2 Å². The molecule has 97 valence electrons.